The number of methoxy groups -OCH3 is 4. The molecule has 0 aliphatic carbocycles. The number of ether oxygens (including phenoxy) is 4. The Morgan fingerprint density at radius 1 is 0.614 bits per heavy atom. The molecular weight excluding hydrogens is 900 g/mol. The van der Waals surface area contributed by atoms with Gasteiger partial charge in [-0.1, -0.05) is 12.1 Å². The Morgan fingerprint density at radius 3 is 1.54 bits per heavy atom. The number of alkyl carbamates (subject to hydrolysis) is 2. The number of likely N-dealkylation sites (tertiary alicyclic amines) is 2. The summed E-state index contributed by atoms with van der Waals surface area (Å²) in [5.74, 6) is 0.535. The van der Waals surface area contributed by atoms with E-state index < -0.39 is 36.5 Å². The number of halogens is 1. The van der Waals surface area contributed by atoms with Crippen molar-refractivity contribution in [3.05, 3.63) is 83.2 Å². The van der Waals surface area contributed by atoms with Crippen molar-refractivity contribution in [3.63, 3.8) is 0 Å². The Labute approximate surface area is 406 Å². The summed E-state index contributed by atoms with van der Waals surface area (Å²) in [5, 5.41) is 5.31. The lowest BCUT2D eigenvalue weighted by Crippen LogP contribution is -2.54. The molecule has 18 nitrogen and oxygen atoms in total. The largest absolute Gasteiger partial charge is 0.453 e. The first-order valence-corrected chi connectivity index (χ1v) is 24.6. The number of carbonyl (C=O) groups is 4. The fraction of sp³-hybridized carbons (Fsp3) is 0.529. The highest BCUT2D eigenvalue weighted by molar-refractivity contribution is 5.88. The lowest BCUT2D eigenvalue weighted by molar-refractivity contribution is -0.138. The molecule has 4 aliphatic heterocycles. The molecule has 4 fully saturated rings. The van der Waals surface area contributed by atoms with Gasteiger partial charge in [-0.25, -0.2) is 23.9 Å². The van der Waals surface area contributed by atoms with Crippen molar-refractivity contribution >= 4 is 57.4 Å². The predicted octanol–water partition coefficient (Wildman–Crippen LogP) is 7.50. The van der Waals surface area contributed by atoms with E-state index in [9.17, 15) is 19.2 Å². The first-order valence-electron chi connectivity index (χ1n) is 24.6. The first-order chi connectivity index (χ1) is 33.9. The molecule has 4 aliphatic rings. The summed E-state index contributed by atoms with van der Waals surface area (Å²) in [5.41, 5.74) is 6.66. The van der Waals surface area contributed by atoms with Crippen LogP contribution in [0.25, 0.3) is 22.1 Å². The Morgan fingerprint density at radius 2 is 1.10 bits per heavy atom. The van der Waals surface area contributed by atoms with E-state index in [1.54, 1.807) is 29.7 Å². The fourth-order valence-corrected chi connectivity index (χ4v) is 11.1. The van der Waals surface area contributed by atoms with E-state index in [2.05, 4.69) is 60.7 Å². The van der Waals surface area contributed by atoms with Gasteiger partial charge in [0.05, 0.1) is 78.3 Å². The molecule has 19 heteroatoms. The quantitative estimate of drug-likeness (QED) is 0.0856. The maximum atomic E-state index is 16.4. The lowest BCUT2D eigenvalue weighted by Gasteiger charge is -2.34. The average molecular weight is 965 g/mol. The van der Waals surface area contributed by atoms with Crippen molar-refractivity contribution in [1.82, 2.24) is 40.4 Å². The third-order valence-corrected chi connectivity index (χ3v) is 15.0. The van der Waals surface area contributed by atoms with Crippen molar-refractivity contribution in [2.75, 3.05) is 64.4 Å². The summed E-state index contributed by atoms with van der Waals surface area (Å²) < 4.78 is 37.0. The number of carbonyl (C=O) groups excluding carboxylic acids is 4. The van der Waals surface area contributed by atoms with Crippen LogP contribution in [0.2, 0.25) is 0 Å². The van der Waals surface area contributed by atoms with Gasteiger partial charge in [0.1, 0.15) is 29.5 Å². The number of anilines is 2. The first kappa shape index (κ1) is 48.5. The van der Waals surface area contributed by atoms with E-state index in [4.69, 9.17) is 28.9 Å². The maximum Gasteiger partial charge on any atom is 0.407 e. The van der Waals surface area contributed by atoms with Gasteiger partial charge in [-0.15, -0.1) is 0 Å². The molecule has 0 spiro atoms. The van der Waals surface area contributed by atoms with Crippen LogP contribution in [0.3, 0.4) is 0 Å². The Kier molecular flexibility index (Phi) is 14.5. The number of hydrogen-bond donors (Lipinski definition) is 4. The highest BCUT2D eigenvalue weighted by Gasteiger charge is 2.42. The number of fused-ring (bicyclic) bond motifs is 2. The van der Waals surface area contributed by atoms with Gasteiger partial charge in [0.2, 0.25) is 11.8 Å². The zero-order valence-corrected chi connectivity index (χ0v) is 40.8. The second-order valence-electron chi connectivity index (χ2n) is 19.0. The van der Waals surface area contributed by atoms with Crippen LogP contribution in [-0.4, -0.2) is 133 Å². The van der Waals surface area contributed by atoms with Crippen LogP contribution < -0.4 is 20.4 Å². The standard InChI is InChI=1S/C51H65FN10O8/c1-29(67-3)44(57-50(65)69-5)48(63)60-24-10-12-42(60)46-53-35-17-14-31(26-37(35)55-46)39-20-21-40(62(39)33-16-19-41(34(52)28-33)59-22-8-7-9-23-59)32-15-18-36-38(27-32)56-47(54-36)43-13-11-25-61(43)49(64)45(30(2)68-4)58-51(66)70-6/h14-19,26-30,39-40,42-45H,7-13,20-25H2,1-6H3,(H,53,55)(H,54,56)(H,57,65)(H,58,66)/t29-,30-,39+,40?,42+,43+,44+,45?/m1/s1. The number of imidazole rings is 2. The number of aromatic amines is 2. The number of rotatable bonds is 14. The van der Waals surface area contributed by atoms with Crippen LogP contribution in [0.5, 0.6) is 0 Å². The normalized spacial score (nSPS) is 22.3. The van der Waals surface area contributed by atoms with Gasteiger partial charge in [-0.2, -0.15) is 0 Å². The van der Waals surface area contributed by atoms with Crippen molar-refractivity contribution in [2.24, 2.45) is 0 Å². The number of nitrogens with one attached hydrogen (secondary N) is 4. The van der Waals surface area contributed by atoms with Crippen molar-refractivity contribution < 1.29 is 42.5 Å². The highest BCUT2D eigenvalue weighted by atomic mass is 19.1. The molecule has 8 atom stereocenters. The topological polar surface area (TPSA) is 200 Å². The number of H-pyrrole nitrogens is 2. The van der Waals surface area contributed by atoms with Crippen LogP contribution in [0.15, 0.2) is 54.6 Å². The molecule has 2 unspecified atom stereocenters. The molecule has 9 rings (SSSR count). The second kappa shape index (κ2) is 20.9. The lowest BCUT2D eigenvalue weighted by atomic mass is 10.0. The van der Waals surface area contributed by atoms with E-state index in [0.29, 0.717) is 43.3 Å². The minimum Gasteiger partial charge on any atom is -0.453 e. The highest BCUT2D eigenvalue weighted by Crippen LogP contribution is 2.48. The third kappa shape index (κ3) is 9.56. The SMILES string of the molecule is COC(=O)NC(C(=O)N1CCC[C@H]1c1nc2ccc(C3CC[C@@H](c4ccc5nc([C@@H]6CCCN6C(=O)[C@@H](NC(=O)OC)[C@@H](C)OC)[nH]c5c4)N3c3ccc(N4CCCCC4)c(F)c3)cc2[nH]1)[C@@H](C)OC. The van der Waals surface area contributed by atoms with E-state index in [1.165, 1.54) is 28.4 Å². The number of nitrogens with zero attached hydrogens (tertiary/aromatic N) is 6. The maximum absolute atomic E-state index is 16.4. The van der Waals surface area contributed by atoms with Gasteiger partial charge in [-0.05, 0) is 125 Å². The van der Waals surface area contributed by atoms with Crippen molar-refractivity contribution in [1.29, 1.82) is 0 Å². The van der Waals surface area contributed by atoms with Crippen LogP contribution >= 0.6 is 0 Å². The van der Waals surface area contributed by atoms with Crippen LogP contribution in [0, 0.1) is 5.82 Å². The minimum atomic E-state index is -0.944. The number of hydrogen-bond acceptors (Lipinski definition) is 12. The molecule has 4 N–H and O–H groups in total. The number of aromatic nitrogens is 4. The Bertz CT molecular complexity index is 2560. The molecule has 374 valence electrons. The van der Waals surface area contributed by atoms with Crippen LogP contribution in [0.1, 0.15) is 119 Å². The van der Waals surface area contributed by atoms with Gasteiger partial charge < -0.3 is 59.1 Å². The zero-order valence-electron chi connectivity index (χ0n) is 40.8. The fourth-order valence-electron chi connectivity index (χ4n) is 11.1. The van der Waals surface area contributed by atoms with E-state index in [1.807, 2.05) is 18.2 Å². The summed E-state index contributed by atoms with van der Waals surface area (Å²) in [6.45, 7) is 6.13. The monoisotopic (exact) mass is 964 g/mol. The second-order valence-corrected chi connectivity index (χ2v) is 19.0. The van der Waals surface area contributed by atoms with Gasteiger partial charge in [0.15, 0.2) is 0 Å². The molecule has 70 heavy (non-hydrogen) atoms. The summed E-state index contributed by atoms with van der Waals surface area (Å²) >= 11 is 0. The predicted molar refractivity (Wildman–Crippen MR) is 261 cm³/mol. The van der Waals surface area contributed by atoms with Crippen molar-refractivity contribution in [3.8, 4) is 0 Å². The van der Waals surface area contributed by atoms with Gasteiger partial charge in [0, 0.05) is 46.1 Å². The molecule has 4 amide bonds. The summed E-state index contributed by atoms with van der Waals surface area (Å²) in [4.78, 5) is 77.6. The summed E-state index contributed by atoms with van der Waals surface area (Å²) in [6.07, 6.45) is 5.12. The molecule has 4 saturated heterocycles. The smallest absolute Gasteiger partial charge is 0.407 e. The van der Waals surface area contributed by atoms with E-state index in [0.717, 1.165) is 96.9 Å². The molecule has 3 aromatic carbocycles. The zero-order chi connectivity index (χ0) is 49.2. The van der Waals surface area contributed by atoms with Crippen molar-refractivity contribution in [2.45, 2.75) is 120 Å². The average Bonchev–Trinajstić information content (AvgIpc) is 4.25. The molecule has 0 radical (unpaired) electrons. The molecule has 0 saturated carbocycles. The number of piperidine rings is 1. The van der Waals surface area contributed by atoms with E-state index in [-0.39, 0.29) is 41.8 Å². The third-order valence-electron chi connectivity index (χ3n) is 15.0. The van der Waals surface area contributed by atoms with Gasteiger partial charge in [-0.3, -0.25) is 9.59 Å². The molecule has 2 aromatic heterocycles. The summed E-state index contributed by atoms with van der Waals surface area (Å²) in [6, 6.07) is 15.3. The Hall–Kier alpha value is -6.47. The molecule has 6 heterocycles. The van der Waals surface area contributed by atoms with Gasteiger partial charge in [0.25, 0.3) is 0 Å². The van der Waals surface area contributed by atoms with Crippen LogP contribution in [-0.2, 0) is 28.5 Å². The molecular formula is C51H65FN10O8. The van der Waals surface area contributed by atoms with Crippen LogP contribution in [0.4, 0.5) is 25.4 Å². The number of amides is 4. The minimum absolute atomic E-state index is 0.126. The molecule has 5 aromatic rings. The number of benzene rings is 3. The van der Waals surface area contributed by atoms with Gasteiger partial charge >= 0.3 is 12.2 Å². The van der Waals surface area contributed by atoms with E-state index >= 15 is 4.39 Å². The Balaban J connectivity index is 1.02. The summed E-state index contributed by atoms with van der Waals surface area (Å²) in [7, 11) is 5.51. The molecule has 0 bridgehead atoms.